The van der Waals surface area contributed by atoms with Crippen LogP contribution in [0.25, 0.3) is 10.2 Å². The quantitative estimate of drug-likeness (QED) is 0.368. The van der Waals surface area contributed by atoms with Gasteiger partial charge in [-0.2, -0.15) is 0 Å². The van der Waals surface area contributed by atoms with Crippen LogP contribution in [0.2, 0.25) is 5.02 Å². The number of nitrogens with zero attached hydrogens (tertiary/aromatic N) is 4. The molecular weight excluding hydrogens is 534 g/mol. The van der Waals surface area contributed by atoms with Gasteiger partial charge in [-0.25, -0.2) is 4.98 Å². The summed E-state index contributed by atoms with van der Waals surface area (Å²) in [6.07, 6.45) is 1.36. The second kappa shape index (κ2) is 10.8. The lowest BCUT2D eigenvalue weighted by Crippen LogP contribution is -2.53. The zero-order valence-corrected chi connectivity index (χ0v) is 23.9. The van der Waals surface area contributed by atoms with E-state index in [1.54, 1.807) is 19.1 Å². The van der Waals surface area contributed by atoms with E-state index < -0.39 is 0 Å². The first kappa shape index (κ1) is 26.9. The number of hydrogen-bond acceptors (Lipinski definition) is 6. The van der Waals surface area contributed by atoms with Crippen LogP contribution in [0, 0.1) is 20.8 Å². The van der Waals surface area contributed by atoms with Gasteiger partial charge < -0.3 is 15.1 Å². The van der Waals surface area contributed by atoms with E-state index in [1.165, 1.54) is 27.8 Å². The Morgan fingerprint density at radius 2 is 1.85 bits per heavy atom. The number of fused-ring (bicyclic) bond motifs is 1. The van der Waals surface area contributed by atoms with Crippen molar-refractivity contribution in [1.29, 1.82) is 0 Å². The van der Waals surface area contributed by atoms with Crippen molar-refractivity contribution in [2.75, 3.05) is 29.9 Å². The minimum atomic E-state index is -0.372. The Hall–Kier alpha value is -3.69. The molecule has 1 saturated heterocycles. The zero-order valence-electron chi connectivity index (χ0n) is 22.3. The predicted octanol–water partition coefficient (Wildman–Crippen LogP) is 5.03. The van der Waals surface area contributed by atoms with Gasteiger partial charge in [0.25, 0.3) is 11.5 Å². The van der Waals surface area contributed by atoms with Gasteiger partial charge >= 0.3 is 0 Å². The van der Waals surface area contributed by atoms with Gasteiger partial charge in [-0.3, -0.25) is 19.0 Å². The Morgan fingerprint density at radius 3 is 2.54 bits per heavy atom. The fourth-order valence-electron chi connectivity index (χ4n) is 4.91. The number of nitrogens with one attached hydrogen (secondary N) is 1. The zero-order chi connectivity index (χ0) is 27.8. The molecule has 10 heteroatoms. The lowest BCUT2D eigenvalue weighted by Gasteiger charge is -2.41. The monoisotopic (exact) mass is 563 g/mol. The van der Waals surface area contributed by atoms with E-state index in [2.05, 4.69) is 53.3 Å². The molecule has 39 heavy (non-hydrogen) atoms. The van der Waals surface area contributed by atoms with Crippen LogP contribution in [-0.2, 0) is 11.3 Å². The summed E-state index contributed by atoms with van der Waals surface area (Å²) >= 11 is 7.38. The summed E-state index contributed by atoms with van der Waals surface area (Å²) in [5, 5.41) is 3.69. The first-order valence-electron chi connectivity index (χ1n) is 12.8. The summed E-state index contributed by atoms with van der Waals surface area (Å²) in [5.41, 5.74) is 4.08. The van der Waals surface area contributed by atoms with Crippen LogP contribution in [0.15, 0.2) is 53.6 Å². The van der Waals surface area contributed by atoms with Crippen molar-refractivity contribution in [2.24, 2.45) is 0 Å². The third-order valence-electron chi connectivity index (χ3n) is 7.16. The number of benzene rings is 2. The summed E-state index contributed by atoms with van der Waals surface area (Å²) in [7, 11) is 0. The number of hydrogen-bond donors (Lipinski definition) is 1. The molecule has 4 aromatic rings. The highest BCUT2D eigenvalue weighted by molar-refractivity contribution is 7.20. The average Bonchev–Trinajstić information content (AvgIpc) is 3.25. The van der Waals surface area contributed by atoms with Gasteiger partial charge in [0, 0.05) is 42.1 Å². The topological polar surface area (TPSA) is 87.5 Å². The van der Waals surface area contributed by atoms with E-state index in [0.29, 0.717) is 44.5 Å². The molecule has 0 bridgehead atoms. The SMILES string of the molecule is Cc1ccc(N2CCN(C(=O)c3sc4ncn(CC(=O)Nc5ccc(C)c(Cl)c5)c(=O)c4c3C)CC2C)cc1. The van der Waals surface area contributed by atoms with Gasteiger partial charge in [0.1, 0.15) is 11.4 Å². The predicted molar refractivity (Wildman–Crippen MR) is 157 cm³/mol. The number of carbonyl (C=O) groups is 2. The average molecular weight is 564 g/mol. The highest BCUT2D eigenvalue weighted by Gasteiger charge is 2.30. The van der Waals surface area contributed by atoms with Crippen molar-refractivity contribution in [1.82, 2.24) is 14.5 Å². The van der Waals surface area contributed by atoms with Crippen molar-refractivity contribution in [2.45, 2.75) is 40.3 Å². The fourth-order valence-corrected chi connectivity index (χ4v) is 6.19. The molecule has 0 spiro atoms. The molecule has 5 rings (SSSR count). The molecule has 0 radical (unpaired) electrons. The molecule has 2 aromatic heterocycles. The number of amides is 2. The van der Waals surface area contributed by atoms with E-state index in [9.17, 15) is 14.4 Å². The van der Waals surface area contributed by atoms with Crippen LogP contribution in [-0.4, -0.2) is 51.9 Å². The van der Waals surface area contributed by atoms with E-state index in [-0.39, 0.29) is 30.0 Å². The molecule has 2 aromatic carbocycles. The van der Waals surface area contributed by atoms with Crippen LogP contribution in [0.5, 0.6) is 0 Å². The summed E-state index contributed by atoms with van der Waals surface area (Å²) in [6.45, 7) is 9.54. The number of rotatable bonds is 5. The van der Waals surface area contributed by atoms with Crippen LogP contribution >= 0.6 is 22.9 Å². The van der Waals surface area contributed by atoms with Crippen molar-refractivity contribution < 1.29 is 9.59 Å². The Kier molecular flexibility index (Phi) is 7.46. The van der Waals surface area contributed by atoms with Gasteiger partial charge in [0.15, 0.2) is 0 Å². The molecule has 2 amide bonds. The molecule has 0 saturated carbocycles. The van der Waals surface area contributed by atoms with Crippen LogP contribution < -0.4 is 15.8 Å². The summed E-state index contributed by atoms with van der Waals surface area (Å²) in [6, 6.07) is 13.8. The number of halogens is 1. The normalized spacial score (nSPS) is 15.6. The molecule has 1 unspecified atom stereocenters. The van der Waals surface area contributed by atoms with Crippen molar-refractivity contribution >= 4 is 56.3 Å². The second-order valence-electron chi connectivity index (χ2n) is 10.1. The maximum atomic E-state index is 13.6. The highest BCUT2D eigenvalue weighted by Crippen LogP contribution is 2.29. The number of carbonyl (C=O) groups excluding carboxylic acids is 2. The maximum Gasteiger partial charge on any atom is 0.264 e. The van der Waals surface area contributed by atoms with Crippen molar-refractivity contribution in [3.8, 4) is 0 Å². The molecule has 1 aliphatic rings. The third-order valence-corrected chi connectivity index (χ3v) is 8.76. The summed E-state index contributed by atoms with van der Waals surface area (Å²) in [5.74, 6) is -0.464. The summed E-state index contributed by atoms with van der Waals surface area (Å²) in [4.78, 5) is 49.1. The first-order chi connectivity index (χ1) is 18.6. The Morgan fingerprint density at radius 1 is 1.10 bits per heavy atom. The number of thiophene rings is 1. The number of anilines is 2. The van der Waals surface area contributed by atoms with E-state index in [1.807, 2.05) is 17.9 Å². The Balaban J connectivity index is 1.32. The minimum absolute atomic E-state index is 0.0918. The number of aromatic nitrogens is 2. The van der Waals surface area contributed by atoms with E-state index in [4.69, 9.17) is 11.6 Å². The molecule has 1 N–H and O–H groups in total. The molecule has 3 heterocycles. The van der Waals surface area contributed by atoms with Gasteiger partial charge in [0.2, 0.25) is 5.91 Å². The molecule has 202 valence electrons. The highest BCUT2D eigenvalue weighted by atomic mass is 35.5. The van der Waals surface area contributed by atoms with Crippen molar-refractivity contribution in [3.63, 3.8) is 0 Å². The van der Waals surface area contributed by atoms with E-state index in [0.717, 1.165) is 17.8 Å². The third kappa shape index (κ3) is 5.42. The van der Waals surface area contributed by atoms with Crippen molar-refractivity contribution in [3.05, 3.63) is 85.7 Å². The Bertz CT molecular complexity index is 1630. The number of aryl methyl sites for hydroxylation is 3. The molecule has 1 atom stereocenters. The van der Waals surface area contributed by atoms with Gasteiger partial charge in [0.05, 0.1) is 16.6 Å². The first-order valence-corrected chi connectivity index (χ1v) is 14.0. The van der Waals surface area contributed by atoms with Gasteiger partial charge in [-0.05, 0) is 63.1 Å². The van der Waals surface area contributed by atoms with Crippen LogP contribution in [0.3, 0.4) is 0 Å². The molecule has 1 aliphatic heterocycles. The Labute approximate surface area is 235 Å². The minimum Gasteiger partial charge on any atom is -0.365 e. The molecular formula is C29H30ClN5O3S. The molecule has 8 nitrogen and oxygen atoms in total. The fraction of sp³-hybridized carbons (Fsp3) is 0.310. The number of piperazine rings is 1. The van der Waals surface area contributed by atoms with Gasteiger partial charge in [-0.1, -0.05) is 35.4 Å². The van der Waals surface area contributed by atoms with E-state index >= 15 is 0 Å². The smallest absolute Gasteiger partial charge is 0.264 e. The van der Waals surface area contributed by atoms with Crippen LogP contribution in [0.1, 0.15) is 33.3 Å². The molecule has 1 fully saturated rings. The standard InChI is InChI=1S/C29H30ClN5O3S/c1-17-5-9-22(10-6-17)35-12-11-33(14-19(35)3)29(38)26-20(4)25-27(39-26)31-16-34(28(25)37)15-24(36)32-21-8-7-18(2)23(30)13-21/h5-10,13,16,19H,11-12,14-15H2,1-4H3,(H,32,36). The second-order valence-corrected chi connectivity index (χ2v) is 11.5. The maximum absolute atomic E-state index is 13.6. The lowest BCUT2D eigenvalue weighted by atomic mass is 10.1. The molecule has 0 aliphatic carbocycles. The largest absolute Gasteiger partial charge is 0.365 e. The van der Waals surface area contributed by atoms with Crippen LogP contribution in [0.4, 0.5) is 11.4 Å². The van der Waals surface area contributed by atoms with Gasteiger partial charge in [-0.15, -0.1) is 11.3 Å². The summed E-state index contributed by atoms with van der Waals surface area (Å²) < 4.78 is 1.27. The lowest BCUT2D eigenvalue weighted by molar-refractivity contribution is -0.116.